The van der Waals surface area contributed by atoms with E-state index in [1.54, 1.807) is 48.5 Å². The van der Waals surface area contributed by atoms with Gasteiger partial charge in [0.2, 0.25) is 15.9 Å². The van der Waals surface area contributed by atoms with E-state index in [0.29, 0.717) is 34.6 Å². The summed E-state index contributed by atoms with van der Waals surface area (Å²) in [6, 6.07) is 12.7. The van der Waals surface area contributed by atoms with Crippen molar-refractivity contribution < 1.29 is 28.3 Å². The first kappa shape index (κ1) is 22.1. The molecule has 0 radical (unpaired) electrons. The van der Waals surface area contributed by atoms with E-state index in [9.17, 15) is 22.9 Å². The van der Waals surface area contributed by atoms with E-state index in [2.05, 4.69) is 9.82 Å². The molecule has 0 aliphatic carbocycles. The van der Waals surface area contributed by atoms with Crippen LogP contribution in [0.2, 0.25) is 0 Å². The fraction of sp³-hybridized carbons (Fsp3) is 0.250. The average molecular weight is 445 g/mol. The Hall–Kier alpha value is -3.60. The molecule has 1 unspecified atom stereocenters. The molecule has 1 aliphatic heterocycles. The molecule has 1 atom stereocenters. The van der Waals surface area contributed by atoms with Crippen LogP contribution in [-0.2, 0) is 19.6 Å². The van der Waals surface area contributed by atoms with Gasteiger partial charge in [0.25, 0.3) is 5.69 Å². The summed E-state index contributed by atoms with van der Waals surface area (Å²) in [7, 11) is -3.41. The number of amides is 1. The van der Waals surface area contributed by atoms with Gasteiger partial charge in [0.15, 0.2) is 0 Å². The maximum absolute atomic E-state index is 12.7. The highest BCUT2D eigenvalue weighted by molar-refractivity contribution is 7.92. The second-order valence-electron chi connectivity index (χ2n) is 7.08. The molecule has 1 aliphatic rings. The Labute approximate surface area is 178 Å². The molecular formula is C20H21N4O6S+. The van der Waals surface area contributed by atoms with E-state index in [-0.39, 0.29) is 12.8 Å². The number of aliphatic carboxylic acids is 1. The zero-order chi connectivity index (χ0) is 22.6. The summed E-state index contributed by atoms with van der Waals surface area (Å²) in [5.41, 5.74) is 2.68. The molecule has 3 N–H and O–H groups in total. The predicted octanol–water partition coefficient (Wildman–Crippen LogP) is 1.08. The zero-order valence-corrected chi connectivity index (χ0v) is 17.4. The van der Waals surface area contributed by atoms with Gasteiger partial charge in [-0.25, -0.2) is 13.4 Å². The molecule has 0 spiro atoms. The van der Waals surface area contributed by atoms with Gasteiger partial charge in [-0.15, -0.1) is 0 Å². The van der Waals surface area contributed by atoms with Crippen molar-refractivity contribution in [2.75, 3.05) is 11.0 Å². The van der Waals surface area contributed by atoms with Crippen LogP contribution in [0.25, 0.3) is 0 Å². The Morgan fingerprint density at radius 3 is 2.52 bits per heavy atom. The summed E-state index contributed by atoms with van der Waals surface area (Å²) in [5.74, 6) is -1.53. The Morgan fingerprint density at radius 2 is 1.90 bits per heavy atom. The van der Waals surface area contributed by atoms with Gasteiger partial charge < -0.3 is 5.11 Å². The molecule has 31 heavy (non-hydrogen) atoms. The molecule has 0 fully saturated rings. The van der Waals surface area contributed by atoms with E-state index in [1.807, 2.05) is 5.18 Å². The van der Waals surface area contributed by atoms with E-state index in [0.717, 1.165) is 6.26 Å². The minimum Gasteiger partial charge on any atom is -0.481 e. The van der Waals surface area contributed by atoms with Crippen molar-refractivity contribution >= 4 is 39.0 Å². The van der Waals surface area contributed by atoms with Crippen molar-refractivity contribution in [3.8, 4) is 0 Å². The van der Waals surface area contributed by atoms with E-state index in [4.69, 9.17) is 5.11 Å². The average Bonchev–Trinajstić information content (AvgIpc) is 3.17. The number of rotatable bonds is 8. The molecule has 3 rings (SSSR count). The topological polar surface area (TPSA) is 147 Å². The van der Waals surface area contributed by atoms with Crippen LogP contribution in [0.3, 0.4) is 0 Å². The third-order valence-corrected chi connectivity index (χ3v) is 5.24. The molecule has 10 nitrogen and oxygen atoms in total. The molecule has 1 heterocycles. The van der Waals surface area contributed by atoms with Crippen LogP contribution in [-0.4, -0.2) is 42.4 Å². The summed E-state index contributed by atoms with van der Waals surface area (Å²) in [5, 5.41) is 16.4. The van der Waals surface area contributed by atoms with Crippen molar-refractivity contribution in [1.29, 1.82) is 0 Å². The largest absolute Gasteiger partial charge is 0.481 e. The zero-order valence-electron chi connectivity index (χ0n) is 16.6. The molecule has 0 saturated heterocycles. The number of carboxylic acids is 1. The summed E-state index contributed by atoms with van der Waals surface area (Å²) >= 11 is 0. The fourth-order valence-electron chi connectivity index (χ4n) is 3.26. The molecule has 1 amide bonds. The van der Waals surface area contributed by atoms with Crippen LogP contribution in [0, 0.1) is 4.91 Å². The summed E-state index contributed by atoms with van der Waals surface area (Å²) in [6.07, 6.45) is 0.873. The summed E-state index contributed by atoms with van der Waals surface area (Å²) < 4.78 is 25.1. The number of carbonyl (C=O) groups excluding carboxylic acids is 1. The van der Waals surface area contributed by atoms with Crippen molar-refractivity contribution in [2.45, 2.75) is 25.3 Å². The Balaban J connectivity index is 1.90. The van der Waals surface area contributed by atoms with Crippen LogP contribution in [0.4, 0.5) is 11.4 Å². The van der Waals surface area contributed by atoms with Crippen LogP contribution in [0.5, 0.6) is 0 Å². The SMILES string of the molecule is CS(=O)(=O)Nc1ccc(C2=NN(C(=O)CCC(=O)O)C(c3cccc([NH+]=O)c3)C2)cc1. The normalized spacial score (nSPS) is 16.0. The maximum Gasteiger partial charge on any atom is 0.303 e. The number of anilines is 1. The lowest BCUT2D eigenvalue weighted by atomic mass is 9.98. The van der Waals surface area contributed by atoms with Crippen molar-refractivity contribution in [2.24, 2.45) is 5.10 Å². The van der Waals surface area contributed by atoms with Gasteiger partial charge >= 0.3 is 5.97 Å². The van der Waals surface area contributed by atoms with Gasteiger partial charge in [-0.05, 0) is 23.3 Å². The number of hydrogen-bond donors (Lipinski definition) is 3. The van der Waals surface area contributed by atoms with Crippen molar-refractivity contribution in [3.63, 3.8) is 0 Å². The van der Waals surface area contributed by atoms with Crippen molar-refractivity contribution in [3.05, 3.63) is 64.6 Å². The highest BCUT2D eigenvalue weighted by atomic mass is 32.2. The molecular weight excluding hydrogens is 424 g/mol. The van der Waals surface area contributed by atoms with Crippen molar-refractivity contribution in [1.82, 2.24) is 5.01 Å². The number of nitrogens with one attached hydrogen (secondary N) is 2. The van der Waals surface area contributed by atoms with Crippen LogP contribution >= 0.6 is 0 Å². The standard InChI is InChI=1S/C20H20N4O6S/c1-31(29,30)23-15-7-5-13(6-8-15)17-12-18(14-3-2-4-16(11-14)22-28)24(21-17)19(25)9-10-20(26)27/h2-8,11,18,23H,9-10,12H2,1H3,(H,26,27)/p+1. The molecule has 2 aromatic rings. The molecule has 11 heteroatoms. The number of hydrazone groups is 1. The first-order valence-corrected chi connectivity index (χ1v) is 11.2. The van der Waals surface area contributed by atoms with Crippen LogP contribution in [0.1, 0.15) is 36.4 Å². The Bertz CT molecular complexity index is 1140. The minimum atomic E-state index is -3.41. The molecule has 162 valence electrons. The lowest BCUT2D eigenvalue weighted by Crippen LogP contribution is -2.55. The number of hydrogen-bond acceptors (Lipinski definition) is 6. The van der Waals surface area contributed by atoms with Gasteiger partial charge in [-0.2, -0.15) is 5.10 Å². The number of carbonyl (C=O) groups is 2. The maximum atomic E-state index is 12.7. The first-order valence-electron chi connectivity index (χ1n) is 9.34. The van der Waals surface area contributed by atoms with Gasteiger partial charge in [0.1, 0.15) is 0 Å². The third kappa shape index (κ3) is 5.72. The number of carboxylic acid groups (broad SMARTS) is 1. The molecule has 0 bridgehead atoms. The lowest BCUT2D eigenvalue weighted by molar-refractivity contribution is -0.379. The van der Waals surface area contributed by atoms with Gasteiger partial charge in [-0.3, -0.25) is 14.3 Å². The fourth-order valence-corrected chi connectivity index (χ4v) is 3.82. The Morgan fingerprint density at radius 1 is 1.19 bits per heavy atom. The minimum absolute atomic E-state index is 0.209. The highest BCUT2D eigenvalue weighted by Gasteiger charge is 2.33. The lowest BCUT2D eigenvalue weighted by Gasteiger charge is -2.21. The van der Waals surface area contributed by atoms with Gasteiger partial charge in [0.05, 0.1) is 24.4 Å². The van der Waals surface area contributed by atoms with Gasteiger partial charge in [0, 0.05) is 40.7 Å². The van der Waals surface area contributed by atoms with Crippen LogP contribution in [0.15, 0.2) is 53.6 Å². The second-order valence-corrected chi connectivity index (χ2v) is 8.83. The smallest absolute Gasteiger partial charge is 0.303 e. The third-order valence-electron chi connectivity index (χ3n) is 4.63. The number of benzene rings is 2. The second kappa shape index (κ2) is 9.04. The van der Waals surface area contributed by atoms with E-state index >= 15 is 0 Å². The number of nitroso groups, excluding NO2 is 1. The quantitative estimate of drug-likeness (QED) is 0.554. The van der Waals surface area contributed by atoms with E-state index in [1.165, 1.54) is 5.01 Å². The molecule has 2 aromatic carbocycles. The molecule has 0 saturated carbocycles. The predicted molar refractivity (Wildman–Crippen MR) is 113 cm³/mol. The Kier molecular flexibility index (Phi) is 6.44. The summed E-state index contributed by atoms with van der Waals surface area (Å²) in [4.78, 5) is 34.6. The van der Waals surface area contributed by atoms with Gasteiger partial charge in [-0.1, -0.05) is 24.3 Å². The highest BCUT2D eigenvalue weighted by Crippen LogP contribution is 2.34. The number of sulfonamides is 1. The van der Waals surface area contributed by atoms with Crippen LogP contribution < -0.4 is 9.90 Å². The summed E-state index contributed by atoms with van der Waals surface area (Å²) in [6.45, 7) is 0. The van der Waals surface area contributed by atoms with E-state index < -0.39 is 27.9 Å². The first-order chi connectivity index (χ1) is 14.7. The monoisotopic (exact) mass is 445 g/mol. The molecule has 0 aromatic heterocycles. The number of nitrogens with zero attached hydrogens (tertiary/aromatic N) is 2.